The van der Waals surface area contributed by atoms with E-state index in [1.807, 2.05) is 38.1 Å². The van der Waals surface area contributed by atoms with Crippen LogP contribution in [-0.4, -0.2) is 11.2 Å². The van der Waals surface area contributed by atoms with Gasteiger partial charge in [0.15, 0.2) is 0 Å². The molecule has 0 spiro atoms. The van der Waals surface area contributed by atoms with Gasteiger partial charge in [0.1, 0.15) is 18.2 Å². The summed E-state index contributed by atoms with van der Waals surface area (Å²) in [7, 11) is 0. The number of nitrogens with zero attached hydrogens (tertiary/aromatic N) is 2. The Bertz CT molecular complexity index is 855. The van der Waals surface area contributed by atoms with Crippen molar-refractivity contribution in [3.8, 4) is 5.75 Å². The van der Waals surface area contributed by atoms with Gasteiger partial charge in [-0.25, -0.2) is 9.37 Å². The maximum absolute atomic E-state index is 12.9. The molecule has 0 bridgehead atoms. The summed E-state index contributed by atoms with van der Waals surface area (Å²) >= 11 is 1.57. The highest BCUT2D eigenvalue weighted by Gasteiger charge is 2.01. The van der Waals surface area contributed by atoms with Crippen LogP contribution in [0.3, 0.4) is 0 Å². The van der Waals surface area contributed by atoms with Gasteiger partial charge in [-0.05, 0) is 49.2 Å². The summed E-state index contributed by atoms with van der Waals surface area (Å²) < 4.78 is 18.6. The number of nitrogens with one attached hydrogen (secondary N) is 1. The van der Waals surface area contributed by atoms with Gasteiger partial charge in [-0.1, -0.05) is 24.3 Å². The minimum absolute atomic E-state index is 0.250. The molecule has 0 amide bonds. The maximum atomic E-state index is 12.9. The SMILES string of the molecule is Cc1nc(N/N=C\c2cccc(OCc3ccc(F)cc3)c2)sc1C. The fourth-order valence-corrected chi connectivity index (χ4v) is 2.88. The second kappa shape index (κ2) is 7.90. The van der Waals surface area contributed by atoms with Crippen LogP contribution in [0.1, 0.15) is 21.7 Å². The highest BCUT2D eigenvalue weighted by Crippen LogP contribution is 2.21. The van der Waals surface area contributed by atoms with Gasteiger partial charge in [0.25, 0.3) is 0 Å². The Morgan fingerprint density at radius 1 is 1.20 bits per heavy atom. The van der Waals surface area contributed by atoms with Gasteiger partial charge in [0, 0.05) is 4.88 Å². The third-order valence-corrected chi connectivity index (χ3v) is 4.56. The quantitative estimate of drug-likeness (QED) is 0.504. The average Bonchev–Trinajstić information content (AvgIpc) is 2.93. The van der Waals surface area contributed by atoms with E-state index in [1.54, 1.807) is 29.7 Å². The second-order valence-corrected chi connectivity index (χ2v) is 6.72. The molecule has 0 saturated heterocycles. The molecule has 1 aromatic heterocycles. The largest absolute Gasteiger partial charge is 0.489 e. The van der Waals surface area contributed by atoms with Crippen LogP contribution in [-0.2, 0) is 6.61 Å². The van der Waals surface area contributed by atoms with Crippen molar-refractivity contribution >= 4 is 22.7 Å². The lowest BCUT2D eigenvalue weighted by atomic mass is 10.2. The predicted molar refractivity (Wildman–Crippen MR) is 100.0 cm³/mol. The number of halogens is 1. The van der Waals surface area contributed by atoms with E-state index in [-0.39, 0.29) is 5.82 Å². The molecule has 0 saturated carbocycles. The van der Waals surface area contributed by atoms with E-state index in [0.29, 0.717) is 6.61 Å². The zero-order valence-corrected chi connectivity index (χ0v) is 14.8. The molecule has 3 rings (SSSR count). The van der Waals surface area contributed by atoms with Crippen molar-refractivity contribution < 1.29 is 9.13 Å². The van der Waals surface area contributed by atoms with Crippen molar-refractivity contribution in [2.24, 2.45) is 5.10 Å². The molecule has 25 heavy (non-hydrogen) atoms. The number of anilines is 1. The number of aryl methyl sites for hydroxylation is 2. The third kappa shape index (κ3) is 4.87. The molecule has 0 aliphatic rings. The zero-order valence-electron chi connectivity index (χ0n) is 14.0. The fourth-order valence-electron chi connectivity index (χ4n) is 2.11. The molecule has 1 N–H and O–H groups in total. The summed E-state index contributed by atoms with van der Waals surface area (Å²) in [4.78, 5) is 5.55. The molecule has 0 atom stereocenters. The average molecular weight is 355 g/mol. The number of hydrazone groups is 1. The van der Waals surface area contributed by atoms with Crippen LogP contribution in [0.5, 0.6) is 5.75 Å². The lowest BCUT2D eigenvalue weighted by molar-refractivity contribution is 0.306. The Kier molecular flexibility index (Phi) is 5.40. The zero-order chi connectivity index (χ0) is 17.6. The van der Waals surface area contributed by atoms with Gasteiger partial charge in [-0.15, -0.1) is 11.3 Å². The van der Waals surface area contributed by atoms with Crippen LogP contribution >= 0.6 is 11.3 Å². The Labute approximate surface area is 150 Å². The first kappa shape index (κ1) is 17.1. The van der Waals surface area contributed by atoms with E-state index in [9.17, 15) is 4.39 Å². The lowest BCUT2D eigenvalue weighted by Crippen LogP contribution is -1.96. The second-order valence-electron chi connectivity index (χ2n) is 5.52. The number of ether oxygens (including phenoxy) is 1. The standard InChI is InChI=1S/C19H18FN3OS/c1-13-14(2)25-19(22-13)23-21-11-16-4-3-5-18(10-16)24-12-15-6-8-17(20)9-7-15/h3-11H,12H2,1-2H3,(H,22,23)/b21-11-. The molecule has 2 aromatic carbocycles. The number of rotatable bonds is 6. The smallest absolute Gasteiger partial charge is 0.203 e. The van der Waals surface area contributed by atoms with E-state index >= 15 is 0 Å². The molecule has 128 valence electrons. The van der Waals surface area contributed by atoms with Crippen molar-refractivity contribution in [3.05, 3.63) is 76.0 Å². The normalized spacial score (nSPS) is 11.0. The molecule has 0 unspecified atom stereocenters. The van der Waals surface area contributed by atoms with Crippen LogP contribution in [0.2, 0.25) is 0 Å². The molecule has 6 heteroatoms. The van der Waals surface area contributed by atoms with E-state index in [4.69, 9.17) is 4.74 Å². The molecular formula is C19H18FN3OS. The summed E-state index contributed by atoms with van der Waals surface area (Å²) in [6, 6.07) is 13.9. The first-order chi connectivity index (χ1) is 12.1. The molecule has 0 aliphatic heterocycles. The molecule has 3 aromatic rings. The Morgan fingerprint density at radius 2 is 2.00 bits per heavy atom. The van der Waals surface area contributed by atoms with Crippen molar-refractivity contribution in [2.75, 3.05) is 5.43 Å². The van der Waals surface area contributed by atoms with Crippen LogP contribution in [0.4, 0.5) is 9.52 Å². The number of benzene rings is 2. The monoisotopic (exact) mass is 355 g/mol. The highest BCUT2D eigenvalue weighted by atomic mass is 32.1. The van der Waals surface area contributed by atoms with E-state index in [2.05, 4.69) is 15.5 Å². The molecule has 0 radical (unpaired) electrons. The number of hydrogen-bond donors (Lipinski definition) is 1. The van der Waals surface area contributed by atoms with Crippen LogP contribution in [0.25, 0.3) is 0 Å². The van der Waals surface area contributed by atoms with Crippen LogP contribution < -0.4 is 10.2 Å². The Balaban J connectivity index is 1.58. The van der Waals surface area contributed by atoms with Crippen molar-refractivity contribution in [2.45, 2.75) is 20.5 Å². The van der Waals surface area contributed by atoms with Crippen molar-refractivity contribution in [1.82, 2.24) is 4.98 Å². The van der Waals surface area contributed by atoms with Crippen LogP contribution in [0.15, 0.2) is 53.6 Å². The Morgan fingerprint density at radius 3 is 2.72 bits per heavy atom. The molecule has 0 fully saturated rings. The molecular weight excluding hydrogens is 337 g/mol. The topological polar surface area (TPSA) is 46.5 Å². The molecule has 1 heterocycles. The Hall–Kier alpha value is -2.73. The van der Waals surface area contributed by atoms with Gasteiger partial charge < -0.3 is 4.74 Å². The summed E-state index contributed by atoms with van der Waals surface area (Å²) in [5.41, 5.74) is 5.78. The van der Waals surface area contributed by atoms with Crippen LogP contribution in [0, 0.1) is 19.7 Å². The lowest BCUT2D eigenvalue weighted by Gasteiger charge is -2.07. The summed E-state index contributed by atoms with van der Waals surface area (Å²) in [6.45, 7) is 4.39. The summed E-state index contributed by atoms with van der Waals surface area (Å²) in [5, 5.41) is 4.98. The molecule has 4 nitrogen and oxygen atoms in total. The van der Waals surface area contributed by atoms with E-state index in [0.717, 1.165) is 27.7 Å². The van der Waals surface area contributed by atoms with Crippen molar-refractivity contribution in [1.29, 1.82) is 0 Å². The summed E-state index contributed by atoms with van der Waals surface area (Å²) in [6.07, 6.45) is 1.72. The first-order valence-corrected chi connectivity index (χ1v) is 8.62. The maximum Gasteiger partial charge on any atom is 0.203 e. The predicted octanol–water partition coefficient (Wildman–Crippen LogP) is 4.92. The number of thiazole rings is 1. The van der Waals surface area contributed by atoms with Crippen molar-refractivity contribution in [3.63, 3.8) is 0 Å². The van der Waals surface area contributed by atoms with E-state index < -0.39 is 0 Å². The van der Waals surface area contributed by atoms with Gasteiger partial charge in [0.05, 0.1) is 11.9 Å². The summed E-state index contributed by atoms with van der Waals surface area (Å²) in [5.74, 6) is 0.481. The third-order valence-electron chi connectivity index (χ3n) is 3.58. The van der Waals surface area contributed by atoms with Gasteiger partial charge in [0.2, 0.25) is 5.13 Å². The van der Waals surface area contributed by atoms with Gasteiger partial charge in [-0.2, -0.15) is 5.10 Å². The first-order valence-electron chi connectivity index (χ1n) is 7.80. The minimum atomic E-state index is -0.250. The highest BCUT2D eigenvalue weighted by molar-refractivity contribution is 7.15. The van der Waals surface area contributed by atoms with E-state index in [1.165, 1.54) is 17.0 Å². The van der Waals surface area contributed by atoms with Gasteiger partial charge in [-0.3, -0.25) is 5.43 Å². The fraction of sp³-hybridized carbons (Fsp3) is 0.158. The minimum Gasteiger partial charge on any atom is -0.489 e. The number of aromatic nitrogens is 1. The van der Waals surface area contributed by atoms with Gasteiger partial charge >= 0.3 is 0 Å². The molecule has 0 aliphatic carbocycles. The number of hydrogen-bond acceptors (Lipinski definition) is 5.